The molecular weight excluding hydrogens is 272 g/mol. The van der Waals surface area contributed by atoms with Crippen LogP contribution >= 0.6 is 0 Å². The highest BCUT2D eigenvalue weighted by molar-refractivity contribution is 5.81. The third-order valence-electron chi connectivity index (χ3n) is 3.68. The molecule has 2 unspecified atom stereocenters. The monoisotopic (exact) mass is 300 g/mol. The van der Waals surface area contributed by atoms with E-state index in [-0.39, 0.29) is 30.8 Å². The van der Waals surface area contributed by atoms with Crippen molar-refractivity contribution >= 4 is 11.9 Å². The highest BCUT2D eigenvalue weighted by Crippen LogP contribution is 2.22. The number of hydrogen-bond donors (Lipinski definition) is 2. The van der Waals surface area contributed by atoms with Gasteiger partial charge in [-0.15, -0.1) is 0 Å². The molecule has 0 aromatic rings. The predicted molar refractivity (Wildman–Crippen MR) is 80.1 cm³/mol. The minimum absolute atomic E-state index is 0.0187. The first-order valence-corrected chi connectivity index (χ1v) is 7.61. The number of carboxylic acid groups (broad SMARTS) is 1. The van der Waals surface area contributed by atoms with Gasteiger partial charge in [-0.3, -0.25) is 9.59 Å². The van der Waals surface area contributed by atoms with Crippen molar-refractivity contribution in [3.63, 3.8) is 0 Å². The molecule has 1 heterocycles. The van der Waals surface area contributed by atoms with E-state index >= 15 is 0 Å². The summed E-state index contributed by atoms with van der Waals surface area (Å²) in [5.41, 5.74) is -0.398. The van der Waals surface area contributed by atoms with Crippen molar-refractivity contribution < 1.29 is 19.4 Å². The second-order valence-electron chi connectivity index (χ2n) is 6.51. The predicted octanol–water partition coefficient (Wildman–Crippen LogP) is 1.10. The van der Waals surface area contributed by atoms with Gasteiger partial charge < -0.3 is 20.1 Å². The molecule has 1 fully saturated rings. The normalized spacial score (nSPS) is 22.3. The Bertz CT molecular complexity index is 365. The molecule has 0 saturated carbocycles. The van der Waals surface area contributed by atoms with Crippen molar-refractivity contribution in [2.24, 2.45) is 5.92 Å². The lowest BCUT2D eigenvalue weighted by Crippen LogP contribution is -2.53. The number of nitrogens with zero attached hydrogens (tertiary/aromatic N) is 1. The minimum Gasteiger partial charge on any atom is -0.481 e. The fraction of sp³-hybridized carbons (Fsp3) is 0.867. The zero-order valence-electron chi connectivity index (χ0n) is 13.5. The van der Waals surface area contributed by atoms with Crippen LogP contribution in [0.5, 0.6) is 0 Å². The molecule has 0 aromatic heterocycles. The molecule has 1 saturated heterocycles. The van der Waals surface area contributed by atoms with Gasteiger partial charge in [0.1, 0.15) is 0 Å². The maximum Gasteiger partial charge on any atom is 0.305 e. The SMILES string of the molecule is CCCNC1COCC1C(=O)N(CCC(=O)O)C(C)(C)C. The Hall–Kier alpha value is -1.14. The Labute approximate surface area is 126 Å². The van der Waals surface area contributed by atoms with Gasteiger partial charge in [-0.1, -0.05) is 6.92 Å². The number of ether oxygens (including phenoxy) is 1. The summed E-state index contributed by atoms with van der Waals surface area (Å²) in [6.45, 7) is 9.88. The van der Waals surface area contributed by atoms with Crippen molar-refractivity contribution in [2.75, 3.05) is 26.3 Å². The molecule has 2 atom stereocenters. The molecule has 21 heavy (non-hydrogen) atoms. The zero-order valence-corrected chi connectivity index (χ0v) is 13.5. The van der Waals surface area contributed by atoms with Crippen molar-refractivity contribution in [2.45, 2.75) is 52.1 Å². The Morgan fingerprint density at radius 3 is 2.52 bits per heavy atom. The van der Waals surface area contributed by atoms with Gasteiger partial charge >= 0.3 is 5.97 Å². The van der Waals surface area contributed by atoms with Gasteiger partial charge in [0.2, 0.25) is 5.91 Å². The number of carboxylic acids is 1. The molecule has 0 radical (unpaired) electrons. The van der Waals surface area contributed by atoms with E-state index in [2.05, 4.69) is 12.2 Å². The second kappa shape index (κ2) is 7.75. The van der Waals surface area contributed by atoms with Crippen LogP contribution in [0, 0.1) is 5.92 Å². The van der Waals surface area contributed by atoms with Gasteiger partial charge in [0, 0.05) is 18.1 Å². The molecule has 6 heteroatoms. The van der Waals surface area contributed by atoms with Gasteiger partial charge in [-0.2, -0.15) is 0 Å². The molecule has 6 nitrogen and oxygen atoms in total. The summed E-state index contributed by atoms with van der Waals surface area (Å²) in [6, 6.07) is 0.0205. The van der Waals surface area contributed by atoms with E-state index in [4.69, 9.17) is 9.84 Å². The maximum atomic E-state index is 12.8. The van der Waals surface area contributed by atoms with Crippen molar-refractivity contribution in [1.82, 2.24) is 10.2 Å². The summed E-state index contributed by atoms with van der Waals surface area (Å²) in [7, 11) is 0. The van der Waals surface area contributed by atoms with Crippen LogP contribution in [-0.2, 0) is 14.3 Å². The summed E-state index contributed by atoms with van der Waals surface area (Å²) >= 11 is 0. The second-order valence-corrected chi connectivity index (χ2v) is 6.51. The van der Waals surface area contributed by atoms with Crippen LogP contribution in [0.25, 0.3) is 0 Å². The van der Waals surface area contributed by atoms with E-state index in [1.54, 1.807) is 4.90 Å². The Balaban J connectivity index is 2.76. The third-order valence-corrected chi connectivity index (χ3v) is 3.68. The maximum absolute atomic E-state index is 12.8. The molecule has 0 bridgehead atoms. The summed E-state index contributed by atoms with van der Waals surface area (Å²) in [4.78, 5) is 25.3. The van der Waals surface area contributed by atoms with Crippen LogP contribution in [0.4, 0.5) is 0 Å². The standard InChI is InChI=1S/C15H28N2O4/c1-5-7-16-12-10-21-9-11(12)14(20)17(15(2,3)4)8-6-13(18)19/h11-12,16H,5-10H2,1-4H3,(H,18,19). The average Bonchev–Trinajstić information content (AvgIpc) is 2.82. The molecule has 0 aliphatic carbocycles. The molecule has 1 rings (SSSR count). The summed E-state index contributed by atoms with van der Waals surface area (Å²) in [6.07, 6.45) is 0.961. The molecule has 122 valence electrons. The van der Waals surface area contributed by atoms with Crippen LogP contribution in [-0.4, -0.2) is 59.8 Å². The Morgan fingerprint density at radius 1 is 1.33 bits per heavy atom. The first-order valence-electron chi connectivity index (χ1n) is 7.61. The van der Waals surface area contributed by atoms with E-state index < -0.39 is 11.5 Å². The lowest BCUT2D eigenvalue weighted by atomic mass is 9.97. The molecule has 1 aliphatic rings. The Kier molecular flexibility index (Phi) is 6.61. The van der Waals surface area contributed by atoms with Crippen LogP contribution in [0.15, 0.2) is 0 Å². The number of amides is 1. The van der Waals surface area contributed by atoms with Crippen molar-refractivity contribution in [1.29, 1.82) is 0 Å². The van der Waals surface area contributed by atoms with Crippen molar-refractivity contribution in [3.8, 4) is 0 Å². The van der Waals surface area contributed by atoms with Gasteiger partial charge in [-0.25, -0.2) is 0 Å². The summed E-state index contributed by atoms with van der Waals surface area (Å²) < 4.78 is 5.45. The van der Waals surface area contributed by atoms with E-state index in [0.717, 1.165) is 13.0 Å². The van der Waals surface area contributed by atoms with Crippen LogP contribution in [0.1, 0.15) is 40.5 Å². The number of rotatable bonds is 7. The topological polar surface area (TPSA) is 78.9 Å². The summed E-state index contributed by atoms with van der Waals surface area (Å²) in [5, 5.41) is 12.2. The van der Waals surface area contributed by atoms with Crippen LogP contribution in [0.3, 0.4) is 0 Å². The zero-order chi connectivity index (χ0) is 16.0. The third kappa shape index (κ3) is 5.28. The largest absolute Gasteiger partial charge is 0.481 e. The highest BCUT2D eigenvalue weighted by Gasteiger charge is 2.39. The average molecular weight is 300 g/mol. The molecule has 2 N–H and O–H groups in total. The molecule has 0 spiro atoms. The lowest BCUT2D eigenvalue weighted by Gasteiger charge is -2.38. The number of hydrogen-bond acceptors (Lipinski definition) is 4. The number of nitrogens with one attached hydrogen (secondary N) is 1. The first kappa shape index (κ1) is 17.9. The molecular formula is C15H28N2O4. The van der Waals surface area contributed by atoms with E-state index in [1.165, 1.54) is 0 Å². The molecule has 0 aromatic carbocycles. The van der Waals surface area contributed by atoms with Gasteiger partial charge in [0.15, 0.2) is 0 Å². The minimum atomic E-state index is -0.889. The van der Waals surface area contributed by atoms with Crippen LogP contribution in [0.2, 0.25) is 0 Å². The van der Waals surface area contributed by atoms with E-state index in [0.29, 0.717) is 13.2 Å². The van der Waals surface area contributed by atoms with Crippen LogP contribution < -0.4 is 5.32 Å². The van der Waals surface area contributed by atoms with E-state index in [1.807, 2.05) is 20.8 Å². The first-order chi connectivity index (χ1) is 9.77. The molecule has 1 amide bonds. The highest BCUT2D eigenvalue weighted by atomic mass is 16.5. The quantitative estimate of drug-likeness (QED) is 0.736. The lowest BCUT2D eigenvalue weighted by molar-refractivity contribution is -0.143. The van der Waals surface area contributed by atoms with E-state index in [9.17, 15) is 9.59 Å². The molecule has 1 aliphatic heterocycles. The van der Waals surface area contributed by atoms with Gasteiger partial charge in [-0.05, 0) is 33.7 Å². The fourth-order valence-electron chi connectivity index (χ4n) is 2.51. The van der Waals surface area contributed by atoms with Gasteiger partial charge in [0.05, 0.1) is 25.6 Å². The number of carbonyl (C=O) groups is 2. The van der Waals surface area contributed by atoms with Gasteiger partial charge in [0.25, 0.3) is 0 Å². The Morgan fingerprint density at radius 2 is 2.00 bits per heavy atom. The number of carbonyl (C=O) groups excluding carboxylic acids is 1. The fourth-order valence-corrected chi connectivity index (χ4v) is 2.51. The summed E-state index contributed by atoms with van der Waals surface area (Å²) in [5.74, 6) is -1.14. The smallest absolute Gasteiger partial charge is 0.305 e. The van der Waals surface area contributed by atoms with Crippen molar-refractivity contribution in [3.05, 3.63) is 0 Å². The number of aliphatic carboxylic acids is 1.